The molecule has 0 heterocycles. The molecular weight excluding hydrogens is 254 g/mol. The van der Waals surface area contributed by atoms with Gasteiger partial charge in [0.1, 0.15) is 0 Å². The smallest absolute Gasteiger partial charge is 0.180 e. The number of thioether (sulfide) groups is 1. The molecule has 0 amide bonds. The summed E-state index contributed by atoms with van der Waals surface area (Å²) >= 11 is 1.73. The highest BCUT2D eigenvalue weighted by atomic mass is 32.2. The Balaban J connectivity index is 2.91. The first kappa shape index (κ1) is 14.4. The van der Waals surface area contributed by atoms with Gasteiger partial charge in [-0.1, -0.05) is 19.1 Å². The second-order valence-electron chi connectivity index (χ2n) is 3.73. The maximum atomic E-state index is 12.0. The highest BCUT2D eigenvalue weighted by molar-refractivity contribution is 7.98. The fraction of sp³-hybridized carbons (Fsp3) is 0.500. The summed E-state index contributed by atoms with van der Waals surface area (Å²) in [6.07, 6.45) is 2.67. The van der Waals surface area contributed by atoms with Crippen molar-refractivity contribution in [3.05, 3.63) is 24.3 Å². The van der Waals surface area contributed by atoms with Gasteiger partial charge in [0.25, 0.3) is 0 Å². The summed E-state index contributed by atoms with van der Waals surface area (Å²) in [5.74, 6) is 1.16. The SMILES string of the molecule is CCCS(=O)(=O)c1ccccc1NCCSC. The van der Waals surface area contributed by atoms with Gasteiger partial charge in [-0.3, -0.25) is 0 Å². The van der Waals surface area contributed by atoms with E-state index >= 15 is 0 Å². The summed E-state index contributed by atoms with van der Waals surface area (Å²) in [4.78, 5) is 0.419. The number of nitrogens with one attached hydrogen (secondary N) is 1. The van der Waals surface area contributed by atoms with Crippen LogP contribution in [0.25, 0.3) is 0 Å². The monoisotopic (exact) mass is 273 g/mol. The van der Waals surface area contributed by atoms with E-state index in [1.165, 1.54) is 0 Å². The largest absolute Gasteiger partial charge is 0.383 e. The molecule has 0 bridgehead atoms. The van der Waals surface area contributed by atoms with Crippen molar-refractivity contribution < 1.29 is 8.42 Å². The van der Waals surface area contributed by atoms with E-state index in [1.807, 2.05) is 25.3 Å². The zero-order valence-electron chi connectivity index (χ0n) is 10.3. The average Bonchev–Trinajstić information content (AvgIpc) is 2.30. The van der Waals surface area contributed by atoms with Gasteiger partial charge in [0.2, 0.25) is 0 Å². The van der Waals surface area contributed by atoms with Crippen LogP contribution in [-0.2, 0) is 9.84 Å². The molecule has 0 aliphatic heterocycles. The molecule has 5 heteroatoms. The standard InChI is InChI=1S/C12H19NO2S2/c1-3-10-17(14,15)12-7-5-4-6-11(12)13-8-9-16-2/h4-7,13H,3,8-10H2,1-2H3. The van der Waals surface area contributed by atoms with Crippen molar-refractivity contribution in [1.29, 1.82) is 0 Å². The molecule has 0 atom stereocenters. The molecule has 1 aromatic rings. The highest BCUT2D eigenvalue weighted by Crippen LogP contribution is 2.22. The van der Waals surface area contributed by atoms with Gasteiger partial charge < -0.3 is 5.32 Å². The lowest BCUT2D eigenvalue weighted by Gasteiger charge is -2.11. The molecule has 17 heavy (non-hydrogen) atoms. The number of benzene rings is 1. The first-order chi connectivity index (χ1) is 8.11. The van der Waals surface area contributed by atoms with Crippen molar-refractivity contribution in [3.8, 4) is 0 Å². The van der Waals surface area contributed by atoms with Crippen molar-refractivity contribution in [2.24, 2.45) is 0 Å². The topological polar surface area (TPSA) is 46.2 Å². The molecule has 0 unspecified atom stereocenters. The molecule has 0 saturated heterocycles. The molecule has 0 aromatic heterocycles. The molecule has 0 aliphatic carbocycles. The lowest BCUT2D eigenvalue weighted by atomic mass is 10.3. The normalized spacial score (nSPS) is 11.4. The van der Waals surface area contributed by atoms with Crippen LogP contribution in [0.4, 0.5) is 5.69 Å². The summed E-state index contributed by atoms with van der Waals surface area (Å²) in [7, 11) is -3.15. The van der Waals surface area contributed by atoms with E-state index in [2.05, 4.69) is 5.32 Å². The van der Waals surface area contributed by atoms with Crippen LogP contribution in [0.2, 0.25) is 0 Å². The van der Waals surface area contributed by atoms with Gasteiger partial charge in [0, 0.05) is 12.3 Å². The Hall–Kier alpha value is -0.680. The minimum absolute atomic E-state index is 0.203. The number of anilines is 1. The van der Waals surface area contributed by atoms with Gasteiger partial charge in [-0.15, -0.1) is 0 Å². The summed E-state index contributed by atoms with van der Waals surface area (Å²) in [5.41, 5.74) is 0.718. The van der Waals surface area contributed by atoms with Crippen LogP contribution in [0, 0.1) is 0 Å². The molecule has 0 fully saturated rings. The lowest BCUT2D eigenvalue weighted by Crippen LogP contribution is -2.11. The van der Waals surface area contributed by atoms with Gasteiger partial charge in [-0.05, 0) is 24.8 Å². The fourth-order valence-corrected chi connectivity index (χ4v) is 3.38. The van der Waals surface area contributed by atoms with E-state index in [4.69, 9.17) is 0 Å². The molecule has 0 radical (unpaired) electrons. The van der Waals surface area contributed by atoms with Crippen molar-refractivity contribution in [2.45, 2.75) is 18.2 Å². The molecule has 96 valence electrons. The second-order valence-corrected chi connectivity index (χ2v) is 6.80. The summed E-state index contributed by atoms with van der Waals surface area (Å²) in [6.45, 7) is 2.65. The molecule has 0 saturated carbocycles. The van der Waals surface area contributed by atoms with Crippen molar-refractivity contribution in [3.63, 3.8) is 0 Å². The predicted molar refractivity (Wildman–Crippen MR) is 75.7 cm³/mol. The zero-order chi connectivity index (χ0) is 12.7. The number of hydrogen-bond acceptors (Lipinski definition) is 4. The summed E-state index contributed by atoms with van der Waals surface area (Å²) < 4.78 is 24.1. The maximum absolute atomic E-state index is 12.0. The Morgan fingerprint density at radius 1 is 1.29 bits per heavy atom. The van der Waals surface area contributed by atoms with Crippen LogP contribution < -0.4 is 5.32 Å². The quantitative estimate of drug-likeness (QED) is 0.776. The summed E-state index contributed by atoms with van der Waals surface area (Å²) in [6, 6.07) is 7.12. The Labute approximate surface area is 108 Å². The van der Waals surface area contributed by atoms with Crippen LogP contribution in [0.3, 0.4) is 0 Å². The Morgan fingerprint density at radius 2 is 2.00 bits per heavy atom. The Kier molecular flexibility index (Phi) is 5.85. The molecule has 0 spiro atoms. The van der Waals surface area contributed by atoms with Crippen LogP contribution in [0.15, 0.2) is 29.2 Å². The molecule has 1 aromatic carbocycles. The van der Waals surface area contributed by atoms with E-state index < -0.39 is 9.84 Å². The van der Waals surface area contributed by atoms with Crippen molar-refractivity contribution in [1.82, 2.24) is 0 Å². The third-order valence-corrected chi connectivity index (χ3v) is 4.90. The lowest BCUT2D eigenvalue weighted by molar-refractivity contribution is 0.595. The molecule has 1 N–H and O–H groups in total. The zero-order valence-corrected chi connectivity index (χ0v) is 11.9. The molecule has 1 rings (SSSR count). The van der Waals surface area contributed by atoms with E-state index in [0.717, 1.165) is 18.0 Å². The summed E-state index contributed by atoms with van der Waals surface area (Å²) in [5, 5.41) is 3.18. The van der Waals surface area contributed by atoms with Gasteiger partial charge in [0.05, 0.1) is 16.3 Å². The number of sulfone groups is 1. The third kappa shape index (κ3) is 4.24. The van der Waals surface area contributed by atoms with E-state index in [0.29, 0.717) is 11.3 Å². The predicted octanol–water partition coefficient (Wildman–Crippen LogP) is 2.65. The van der Waals surface area contributed by atoms with Gasteiger partial charge >= 0.3 is 0 Å². The van der Waals surface area contributed by atoms with Crippen LogP contribution in [0.1, 0.15) is 13.3 Å². The van der Waals surface area contributed by atoms with E-state index in [-0.39, 0.29) is 5.75 Å². The Morgan fingerprint density at radius 3 is 2.65 bits per heavy atom. The fourth-order valence-electron chi connectivity index (χ4n) is 1.55. The molecular formula is C12H19NO2S2. The van der Waals surface area contributed by atoms with Gasteiger partial charge in [-0.25, -0.2) is 8.42 Å². The Bertz CT molecular complexity index is 444. The van der Waals surface area contributed by atoms with Crippen molar-refractivity contribution >= 4 is 27.3 Å². The number of para-hydroxylation sites is 1. The van der Waals surface area contributed by atoms with E-state index in [9.17, 15) is 8.42 Å². The van der Waals surface area contributed by atoms with Gasteiger partial charge in [-0.2, -0.15) is 11.8 Å². The van der Waals surface area contributed by atoms with Crippen LogP contribution >= 0.6 is 11.8 Å². The average molecular weight is 273 g/mol. The number of hydrogen-bond donors (Lipinski definition) is 1. The van der Waals surface area contributed by atoms with Crippen LogP contribution in [0.5, 0.6) is 0 Å². The molecule has 0 aliphatic rings. The second kappa shape index (κ2) is 6.91. The maximum Gasteiger partial charge on any atom is 0.180 e. The minimum atomic E-state index is -3.15. The van der Waals surface area contributed by atoms with Gasteiger partial charge in [0.15, 0.2) is 9.84 Å². The first-order valence-corrected chi connectivity index (χ1v) is 8.71. The van der Waals surface area contributed by atoms with E-state index in [1.54, 1.807) is 23.9 Å². The number of rotatable bonds is 7. The third-order valence-electron chi connectivity index (χ3n) is 2.32. The van der Waals surface area contributed by atoms with Crippen molar-refractivity contribution in [2.75, 3.05) is 29.6 Å². The first-order valence-electron chi connectivity index (χ1n) is 5.66. The minimum Gasteiger partial charge on any atom is -0.383 e. The molecule has 3 nitrogen and oxygen atoms in total. The highest BCUT2D eigenvalue weighted by Gasteiger charge is 2.16. The van der Waals surface area contributed by atoms with Crippen LogP contribution in [-0.4, -0.2) is 32.7 Å².